The fourth-order valence-corrected chi connectivity index (χ4v) is 14.3. The number of nitrogens with zero attached hydrogens (tertiary/aromatic N) is 8. The molecule has 0 spiro atoms. The smallest absolute Gasteiger partial charge is 0.779 e. The van der Waals surface area contributed by atoms with Crippen LogP contribution in [0.3, 0.4) is 0 Å². The van der Waals surface area contributed by atoms with Crippen LogP contribution in [0.2, 0.25) is 0 Å². The molecule has 13 atom stereocenters. The Morgan fingerprint density at radius 3 is 1.57 bits per heavy atom. The van der Waals surface area contributed by atoms with Crippen LogP contribution >= 0.6 is 40.3 Å². The van der Waals surface area contributed by atoms with Crippen LogP contribution in [0, 0.1) is 0 Å². The first-order valence-electron chi connectivity index (χ1n) is 15.5. The summed E-state index contributed by atoms with van der Waals surface area (Å²) in [5, 5.41) is 48.0. The molecule has 0 bridgehead atoms. The molecule has 2 saturated heterocycles. The van der Waals surface area contributed by atoms with E-state index in [1.165, 1.54) is 34.4 Å². The normalized spacial score (nSPS) is 28.4. The van der Waals surface area contributed by atoms with E-state index in [2.05, 4.69) is 73.2 Å². The van der Waals surface area contributed by atoms with Crippen molar-refractivity contribution in [2.45, 2.75) is 53.9 Å². The van der Waals surface area contributed by atoms with Crippen molar-refractivity contribution in [1.82, 2.24) is 39.0 Å². The van der Waals surface area contributed by atoms with E-state index in [9.17, 15) is 48.8 Å². The molecular weight excluding hydrogens is 988 g/mol. The quantitative estimate of drug-likeness (QED) is 0.0263. The minimum absolute atomic E-state index is 0. The molecule has 4 aromatic rings. The number of nitrogens with one attached hydrogen (secondary N) is 2. The molecule has 6 heterocycles. The summed E-state index contributed by atoms with van der Waals surface area (Å²) in [5.74, 6) is 0.686. The Balaban J connectivity index is 0.00000310. The number of imidazole rings is 2. The second-order valence-corrected chi connectivity index (χ2v) is 22.7. The Morgan fingerprint density at radius 2 is 1.15 bits per heavy atom. The number of halogens is 1. The van der Waals surface area contributed by atoms with Gasteiger partial charge in [0, 0.05) is 14.1 Å². The SMILES string of the molecule is CNc1ncnc2c1ncn2[C@@H]1O[C@H](COP(=O)([S-])OP(=O)([O-])C(Cl)P(=O)([O-])OP([O-])(=S)OC[C@H]2O[C@@H](n3cnc4c(NC)ncnc43)[C@H](O)[C@@H]2O)[C@@H](O)[C@H]1O.[Na+].[Na+].[Na+].[Na+]. The van der Waals surface area contributed by atoms with E-state index < -0.39 is 95.9 Å². The second-order valence-electron chi connectivity index (χ2n) is 11.7. The molecule has 2 aliphatic heterocycles. The van der Waals surface area contributed by atoms with Gasteiger partial charge in [-0.05, 0) is 0 Å². The van der Waals surface area contributed by atoms with Gasteiger partial charge in [0.05, 0.1) is 25.9 Å². The minimum Gasteiger partial charge on any atom is -0.779 e. The molecule has 0 radical (unpaired) electrons. The van der Waals surface area contributed by atoms with E-state index in [-0.39, 0.29) is 130 Å². The van der Waals surface area contributed by atoms with Crippen molar-refractivity contribution in [2.75, 3.05) is 37.9 Å². The van der Waals surface area contributed by atoms with E-state index in [1.807, 2.05) is 0 Å². The fraction of sp³-hybridized carbons (Fsp3) is 0.565. The first-order chi connectivity index (χ1) is 26.2. The van der Waals surface area contributed by atoms with Gasteiger partial charge in [-0.2, -0.15) is 0 Å². The maximum atomic E-state index is 12.9. The van der Waals surface area contributed by atoms with Crippen LogP contribution in [0.4, 0.5) is 11.6 Å². The van der Waals surface area contributed by atoms with Crippen molar-refractivity contribution in [3.63, 3.8) is 0 Å². The summed E-state index contributed by atoms with van der Waals surface area (Å²) in [4.78, 5) is 59.7. The summed E-state index contributed by atoms with van der Waals surface area (Å²) >= 11 is 14.8. The van der Waals surface area contributed by atoms with Crippen molar-refractivity contribution in [1.29, 1.82) is 0 Å². The Labute approximate surface area is 443 Å². The number of hydrogen-bond donors (Lipinski definition) is 6. The van der Waals surface area contributed by atoms with Gasteiger partial charge in [-0.25, -0.2) is 29.9 Å². The minimum atomic E-state index is -6.12. The van der Waals surface area contributed by atoms with Gasteiger partial charge in [0.15, 0.2) is 55.4 Å². The average molecular weight is 1020 g/mol. The Hall–Kier alpha value is 2.16. The largest absolute Gasteiger partial charge is 1.00 e. The molecule has 2 fully saturated rings. The van der Waals surface area contributed by atoms with Crippen molar-refractivity contribution in [3.05, 3.63) is 25.3 Å². The molecular formula is C23H29ClN10Na4O16P4S2. The predicted molar refractivity (Wildman–Crippen MR) is 190 cm³/mol. The summed E-state index contributed by atoms with van der Waals surface area (Å²) in [6.07, 6.45) is -7.56. The standard InChI is InChI=1S/C23H33ClN10O16P4S2.4Na/c1-25-17-11-19(29-5-27-17)33(7-31-11)21-15(37)13(35)9(47-21)3-45-53(43,55)49-51(39,40)23(24)52(41,42)50-54(44,56)46-4-10-14(36)16(38)22(48-10)34-8-32-12-18(26-2)28-6-30-20(12)34;;;;/h5-10,13-16,21-23,35-38H,3-4H2,1-2H3,(H,39,40)(H,41,42)(H,43,55)(H,44,56)(H,25,27,29)(H,26,28,30);;;;/q;4*+1/p-4/t9-,10-,13-,14-,15-,16-,21-,22-,23?,53?,54?;;;;/m1..../s1. The van der Waals surface area contributed by atoms with Gasteiger partial charge < -0.3 is 85.6 Å². The zero-order chi connectivity index (χ0) is 41.0. The van der Waals surface area contributed by atoms with E-state index >= 15 is 0 Å². The number of anilines is 2. The Morgan fingerprint density at radius 1 is 0.750 bits per heavy atom. The Bertz CT molecular complexity index is 2150. The molecule has 4 aromatic heterocycles. The zero-order valence-electron chi connectivity index (χ0n) is 32.2. The number of fused-ring (bicyclic) bond motifs is 2. The number of aliphatic hydroxyl groups excluding tert-OH is 4. The second kappa shape index (κ2) is 23.4. The first-order valence-corrected chi connectivity index (χ1v) is 24.3. The van der Waals surface area contributed by atoms with Gasteiger partial charge in [-0.3, -0.25) is 22.3 Å². The monoisotopic (exact) mass is 1020 g/mol. The molecule has 0 aromatic carbocycles. The molecule has 26 nitrogen and oxygen atoms in total. The van der Waals surface area contributed by atoms with Crippen LogP contribution in [-0.4, -0.2) is 128 Å². The fourth-order valence-electron chi connectivity index (χ4n) is 5.54. The maximum Gasteiger partial charge on any atom is 1.00 e. The number of rotatable bonds is 16. The van der Waals surface area contributed by atoms with Crippen LogP contribution in [0.25, 0.3) is 22.3 Å². The Kier molecular flexibility index (Phi) is 22.8. The molecule has 6 rings (SSSR count). The van der Waals surface area contributed by atoms with Gasteiger partial charge in [0.25, 0.3) is 0 Å². The van der Waals surface area contributed by atoms with Crippen LogP contribution in [0.15, 0.2) is 25.3 Å². The van der Waals surface area contributed by atoms with Crippen LogP contribution in [-0.2, 0) is 64.9 Å². The summed E-state index contributed by atoms with van der Waals surface area (Å²) < 4.78 is 70.5. The van der Waals surface area contributed by atoms with Crippen molar-refractivity contribution >= 4 is 98.3 Å². The van der Waals surface area contributed by atoms with Crippen LogP contribution in [0.5, 0.6) is 0 Å². The van der Waals surface area contributed by atoms with Gasteiger partial charge in [0.1, 0.15) is 67.0 Å². The molecule has 310 valence electrons. The van der Waals surface area contributed by atoms with Crippen LogP contribution < -0.4 is 144 Å². The van der Waals surface area contributed by atoms with E-state index in [4.69, 9.17) is 30.1 Å². The predicted octanol–water partition coefficient (Wildman–Crippen LogP) is -14.1. The van der Waals surface area contributed by atoms with E-state index in [0.29, 0.717) is 22.7 Å². The molecule has 0 aliphatic carbocycles. The van der Waals surface area contributed by atoms with E-state index in [1.54, 1.807) is 14.1 Å². The third-order valence-electron chi connectivity index (χ3n) is 8.16. The van der Waals surface area contributed by atoms with E-state index in [0.717, 1.165) is 0 Å². The van der Waals surface area contributed by atoms with Crippen molar-refractivity contribution < 1.29 is 194 Å². The molecule has 0 saturated carbocycles. The van der Waals surface area contributed by atoms with Crippen LogP contribution in [0.1, 0.15) is 12.5 Å². The first kappa shape index (κ1) is 58.3. The summed E-state index contributed by atoms with van der Waals surface area (Å²) in [6, 6.07) is 0. The number of ether oxygens (including phenoxy) is 2. The number of alkyl halides is 1. The molecule has 2 aliphatic rings. The van der Waals surface area contributed by atoms with Gasteiger partial charge >= 0.3 is 118 Å². The number of aliphatic hydroxyl groups is 4. The molecule has 0 amide bonds. The number of aromatic nitrogens is 8. The van der Waals surface area contributed by atoms with Gasteiger partial charge in [-0.15, -0.1) is 11.6 Å². The summed E-state index contributed by atoms with van der Waals surface area (Å²) in [5.41, 5.74) is 0.959. The maximum absolute atomic E-state index is 12.9. The summed E-state index contributed by atoms with van der Waals surface area (Å²) in [6.45, 7) is -12.4. The third kappa shape index (κ3) is 12.8. The molecule has 5 unspecified atom stereocenters. The van der Waals surface area contributed by atoms with Crippen molar-refractivity contribution in [2.24, 2.45) is 0 Å². The summed E-state index contributed by atoms with van der Waals surface area (Å²) in [7, 11) is -9.06. The van der Waals surface area contributed by atoms with Crippen molar-refractivity contribution in [3.8, 4) is 0 Å². The average Bonchev–Trinajstić information content (AvgIpc) is 3.89. The molecule has 6 N–H and O–H groups in total. The topological polar surface area (TPSA) is 368 Å². The molecule has 37 heteroatoms. The zero-order valence-corrected chi connectivity index (χ0v) is 46.1. The van der Waals surface area contributed by atoms with Gasteiger partial charge in [0.2, 0.25) is 6.80 Å². The third-order valence-corrected chi connectivity index (χ3v) is 18.5. The molecule has 60 heavy (non-hydrogen) atoms. The number of hydrogen-bond acceptors (Lipinski definition) is 26. The van der Waals surface area contributed by atoms with Gasteiger partial charge in [-0.1, -0.05) is 11.8 Å².